The molecule has 0 heterocycles. The van der Waals surface area contributed by atoms with Gasteiger partial charge in [0.15, 0.2) is 0 Å². The Kier molecular flexibility index (Phi) is 6.48. The second-order valence-electron chi connectivity index (χ2n) is 6.45. The fourth-order valence-corrected chi connectivity index (χ4v) is 2.02. The Morgan fingerprint density at radius 3 is 2.50 bits per heavy atom. The van der Waals surface area contributed by atoms with Gasteiger partial charge < -0.3 is 10.1 Å². The molecule has 1 aromatic carbocycles. The number of ether oxygens (including phenoxy) is 1. The molecule has 0 aromatic heterocycles. The van der Waals surface area contributed by atoms with Crippen molar-refractivity contribution in [1.82, 2.24) is 5.32 Å². The number of allylic oxidation sites excluding steroid dienone is 1. The molecule has 0 aliphatic rings. The molecule has 0 unspecified atom stereocenters. The third-order valence-corrected chi connectivity index (χ3v) is 4.48. The zero-order chi connectivity index (χ0) is 16.8. The third-order valence-electron chi connectivity index (χ3n) is 4.11. The highest BCUT2D eigenvalue weighted by atomic mass is 35.5. The van der Waals surface area contributed by atoms with Gasteiger partial charge in [-0.05, 0) is 26.3 Å². The summed E-state index contributed by atoms with van der Waals surface area (Å²) in [4.78, 5) is 12.1. The van der Waals surface area contributed by atoms with Crippen molar-refractivity contribution in [2.45, 2.75) is 53.2 Å². The number of hydrogen-bond acceptors (Lipinski definition) is 2. The maximum Gasteiger partial charge on any atom is 0.407 e. The first-order chi connectivity index (χ1) is 10.2. The Labute approximate surface area is 138 Å². The Morgan fingerprint density at radius 1 is 1.27 bits per heavy atom. The fraction of sp³-hybridized carbons (Fsp3) is 0.500. The van der Waals surface area contributed by atoms with E-state index in [9.17, 15) is 4.79 Å². The van der Waals surface area contributed by atoms with Gasteiger partial charge in [-0.2, -0.15) is 0 Å². The molecule has 3 nitrogen and oxygen atoms in total. The van der Waals surface area contributed by atoms with Crippen LogP contribution in [0.3, 0.4) is 0 Å². The minimum Gasteiger partial charge on any atom is -0.445 e. The van der Waals surface area contributed by atoms with Gasteiger partial charge in [-0.3, -0.25) is 0 Å². The van der Waals surface area contributed by atoms with Gasteiger partial charge >= 0.3 is 6.09 Å². The molecule has 0 radical (unpaired) electrons. The second-order valence-corrected chi connectivity index (χ2v) is 6.86. The summed E-state index contributed by atoms with van der Waals surface area (Å²) in [6.07, 6.45) is 4.76. The minimum atomic E-state index is -0.442. The largest absolute Gasteiger partial charge is 0.445 e. The molecule has 4 heteroatoms. The summed E-state index contributed by atoms with van der Waals surface area (Å²) in [5.41, 5.74) is 0.171. The number of hydrogen-bond donors (Lipinski definition) is 1. The van der Waals surface area contributed by atoms with Gasteiger partial charge in [0.2, 0.25) is 0 Å². The number of carbonyl (C=O) groups is 1. The maximum absolute atomic E-state index is 12.1. The van der Waals surface area contributed by atoms with E-state index in [0.29, 0.717) is 5.02 Å². The normalized spacial score (nSPS) is 12.5. The fourth-order valence-electron chi connectivity index (χ4n) is 1.83. The lowest BCUT2D eigenvalue weighted by molar-refractivity contribution is 0.113. The SMILES string of the molecule is CC/C=C\C(C)(C)C(C)(C)NC(=O)OCc1ccccc1Cl. The smallest absolute Gasteiger partial charge is 0.407 e. The van der Waals surface area contributed by atoms with Crippen LogP contribution < -0.4 is 5.32 Å². The van der Waals surface area contributed by atoms with E-state index in [1.54, 1.807) is 6.07 Å². The number of halogens is 1. The first kappa shape index (κ1) is 18.6. The van der Waals surface area contributed by atoms with Crippen LogP contribution in [-0.2, 0) is 11.3 Å². The van der Waals surface area contributed by atoms with Gasteiger partial charge in [0, 0.05) is 21.5 Å². The Hall–Kier alpha value is -1.48. The van der Waals surface area contributed by atoms with Gasteiger partial charge in [0.1, 0.15) is 6.61 Å². The quantitative estimate of drug-likeness (QED) is 0.718. The summed E-state index contributed by atoms with van der Waals surface area (Å²) in [7, 11) is 0. The molecular weight excluding hydrogens is 298 g/mol. The van der Waals surface area contributed by atoms with Gasteiger partial charge in [0.05, 0.1) is 0 Å². The van der Waals surface area contributed by atoms with Crippen molar-refractivity contribution in [2.24, 2.45) is 5.41 Å². The molecule has 0 atom stereocenters. The van der Waals surface area contributed by atoms with Crippen molar-refractivity contribution in [3.63, 3.8) is 0 Å². The highest BCUT2D eigenvalue weighted by Crippen LogP contribution is 2.32. The van der Waals surface area contributed by atoms with E-state index in [0.717, 1.165) is 12.0 Å². The molecule has 1 amide bonds. The average Bonchev–Trinajstić information content (AvgIpc) is 2.43. The van der Waals surface area contributed by atoms with Gasteiger partial charge in [-0.1, -0.05) is 62.7 Å². The van der Waals surface area contributed by atoms with E-state index in [1.807, 2.05) is 32.0 Å². The predicted octanol–water partition coefficient (Wildman–Crippen LogP) is 5.34. The molecule has 122 valence electrons. The molecule has 0 saturated heterocycles. The highest BCUT2D eigenvalue weighted by Gasteiger charge is 2.36. The van der Waals surface area contributed by atoms with E-state index in [2.05, 4.69) is 38.2 Å². The monoisotopic (exact) mass is 323 g/mol. The maximum atomic E-state index is 12.1. The van der Waals surface area contributed by atoms with Crippen molar-refractivity contribution in [3.05, 3.63) is 47.0 Å². The summed E-state index contributed by atoms with van der Waals surface area (Å²) >= 11 is 6.05. The second kappa shape index (κ2) is 7.68. The molecule has 0 bridgehead atoms. The van der Waals surface area contributed by atoms with Gasteiger partial charge in [-0.15, -0.1) is 0 Å². The molecular formula is C18H26ClNO2. The zero-order valence-corrected chi connectivity index (χ0v) is 14.8. The molecule has 22 heavy (non-hydrogen) atoms. The minimum absolute atomic E-state index is 0.160. The summed E-state index contributed by atoms with van der Waals surface area (Å²) < 4.78 is 5.29. The average molecular weight is 324 g/mol. The molecule has 0 aliphatic heterocycles. The van der Waals surface area contributed by atoms with Crippen LogP contribution >= 0.6 is 11.6 Å². The van der Waals surface area contributed by atoms with E-state index in [1.165, 1.54) is 0 Å². The van der Waals surface area contributed by atoms with Crippen LogP contribution in [0.2, 0.25) is 5.02 Å². The van der Waals surface area contributed by atoms with Crippen molar-refractivity contribution >= 4 is 17.7 Å². The van der Waals surface area contributed by atoms with Crippen LogP contribution in [0.25, 0.3) is 0 Å². The zero-order valence-electron chi connectivity index (χ0n) is 14.1. The first-order valence-electron chi connectivity index (χ1n) is 7.55. The van der Waals surface area contributed by atoms with Gasteiger partial charge in [0.25, 0.3) is 0 Å². The molecule has 1 N–H and O–H groups in total. The Balaban J connectivity index is 2.64. The van der Waals surface area contributed by atoms with Crippen molar-refractivity contribution in [1.29, 1.82) is 0 Å². The standard InChI is InChI=1S/C18H26ClNO2/c1-6-7-12-17(2,3)18(4,5)20-16(21)22-13-14-10-8-9-11-15(14)19/h7-12H,6,13H2,1-5H3,(H,20,21)/b12-7-. The summed E-state index contributed by atoms with van der Waals surface area (Å²) in [5, 5.41) is 3.54. The number of rotatable bonds is 6. The third kappa shape index (κ3) is 5.06. The number of benzene rings is 1. The van der Waals surface area contributed by atoms with E-state index < -0.39 is 11.6 Å². The summed E-state index contributed by atoms with van der Waals surface area (Å²) in [6, 6.07) is 7.33. The first-order valence-corrected chi connectivity index (χ1v) is 7.93. The van der Waals surface area contributed by atoms with Gasteiger partial charge in [-0.25, -0.2) is 4.79 Å². The van der Waals surface area contributed by atoms with Crippen LogP contribution in [-0.4, -0.2) is 11.6 Å². The Morgan fingerprint density at radius 2 is 1.91 bits per heavy atom. The van der Waals surface area contributed by atoms with Crippen LogP contribution in [0.15, 0.2) is 36.4 Å². The lowest BCUT2D eigenvalue weighted by Crippen LogP contribution is -2.53. The van der Waals surface area contributed by atoms with E-state index >= 15 is 0 Å². The van der Waals surface area contributed by atoms with Crippen LogP contribution in [0.1, 0.15) is 46.6 Å². The van der Waals surface area contributed by atoms with Crippen LogP contribution in [0.5, 0.6) is 0 Å². The number of amides is 1. The molecule has 0 spiro atoms. The van der Waals surface area contributed by atoms with Crippen LogP contribution in [0.4, 0.5) is 4.79 Å². The predicted molar refractivity (Wildman–Crippen MR) is 92.1 cm³/mol. The van der Waals surface area contributed by atoms with Crippen molar-refractivity contribution < 1.29 is 9.53 Å². The summed E-state index contributed by atoms with van der Waals surface area (Å²) in [5.74, 6) is 0. The van der Waals surface area contributed by atoms with E-state index in [-0.39, 0.29) is 12.0 Å². The lowest BCUT2D eigenvalue weighted by atomic mass is 9.74. The molecule has 1 aromatic rings. The van der Waals surface area contributed by atoms with Crippen molar-refractivity contribution in [3.8, 4) is 0 Å². The highest BCUT2D eigenvalue weighted by molar-refractivity contribution is 6.31. The lowest BCUT2D eigenvalue weighted by Gasteiger charge is -2.39. The number of carbonyl (C=O) groups excluding carboxylic acids is 1. The van der Waals surface area contributed by atoms with Crippen molar-refractivity contribution in [2.75, 3.05) is 0 Å². The number of nitrogens with one attached hydrogen (secondary N) is 1. The molecule has 0 saturated carbocycles. The molecule has 0 aliphatic carbocycles. The molecule has 1 rings (SSSR count). The van der Waals surface area contributed by atoms with E-state index in [4.69, 9.17) is 16.3 Å². The summed E-state index contributed by atoms with van der Waals surface area (Å²) in [6.45, 7) is 10.4. The Bertz CT molecular complexity index is 536. The molecule has 0 fully saturated rings. The van der Waals surface area contributed by atoms with Crippen LogP contribution in [0, 0.1) is 5.41 Å². The topological polar surface area (TPSA) is 38.3 Å². The number of alkyl carbamates (subject to hydrolysis) is 1.